The van der Waals surface area contributed by atoms with Crippen LogP contribution in [-0.2, 0) is 4.79 Å². The quantitative estimate of drug-likeness (QED) is 0.758. The first kappa shape index (κ1) is 12.4. The fourth-order valence-corrected chi connectivity index (χ4v) is 2.52. The van der Waals surface area contributed by atoms with Gasteiger partial charge in [0.05, 0.1) is 0 Å². The normalized spacial score (nSPS) is 28.6. The van der Waals surface area contributed by atoms with Gasteiger partial charge in [0.2, 0.25) is 5.91 Å². The highest BCUT2D eigenvalue weighted by Crippen LogP contribution is 2.24. The summed E-state index contributed by atoms with van der Waals surface area (Å²) in [6, 6.07) is 0. The van der Waals surface area contributed by atoms with E-state index in [2.05, 4.69) is 29.5 Å². The van der Waals surface area contributed by atoms with Crippen molar-refractivity contribution < 1.29 is 4.79 Å². The molecule has 0 saturated carbocycles. The van der Waals surface area contributed by atoms with Crippen LogP contribution >= 0.6 is 11.8 Å². The number of rotatable bonds is 3. The van der Waals surface area contributed by atoms with E-state index in [0.717, 1.165) is 23.8 Å². The number of hydrogen-bond donors (Lipinski definition) is 2. The van der Waals surface area contributed by atoms with E-state index in [4.69, 9.17) is 0 Å². The van der Waals surface area contributed by atoms with Crippen LogP contribution < -0.4 is 10.6 Å². The summed E-state index contributed by atoms with van der Waals surface area (Å²) in [5.41, 5.74) is 0.146. The second kappa shape index (κ2) is 5.39. The van der Waals surface area contributed by atoms with Gasteiger partial charge < -0.3 is 10.6 Å². The molecular weight excluding hydrogens is 210 g/mol. The molecule has 1 saturated heterocycles. The SMILES string of the molecule is CCC1(C)CCSC(=NCC(=O)NC)N1. The second-order valence-corrected chi connectivity index (χ2v) is 5.02. The minimum atomic E-state index is -0.0475. The molecule has 0 bridgehead atoms. The smallest absolute Gasteiger partial charge is 0.241 e. The number of carbonyl (C=O) groups is 1. The van der Waals surface area contributed by atoms with Gasteiger partial charge in [0.1, 0.15) is 6.54 Å². The highest BCUT2D eigenvalue weighted by molar-refractivity contribution is 8.13. The fourth-order valence-electron chi connectivity index (χ4n) is 1.30. The molecule has 1 aliphatic heterocycles. The maximum absolute atomic E-state index is 11.0. The van der Waals surface area contributed by atoms with Crippen LogP contribution in [0.2, 0.25) is 0 Å². The third-order valence-electron chi connectivity index (χ3n) is 2.73. The van der Waals surface area contributed by atoms with Crippen molar-refractivity contribution in [3.63, 3.8) is 0 Å². The highest BCUT2D eigenvalue weighted by Gasteiger charge is 2.27. The van der Waals surface area contributed by atoms with E-state index in [0.29, 0.717) is 0 Å². The van der Waals surface area contributed by atoms with E-state index in [9.17, 15) is 4.79 Å². The Kier molecular flexibility index (Phi) is 4.45. The maximum Gasteiger partial charge on any atom is 0.241 e. The van der Waals surface area contributed by atoms with Crippen molar-refractivity contribution >= 4 is 22.8 Å². The standard InChI is InChI=1S/C10H19N3OS/c1-4-10(2)5-6-15-9(13-10)12-7-8(14)11-3/h4-7H2,1-3H3,(H,11,14)(H,12,13). The van der Waals surface area contributed by atoms with Crippen LogP contribution in [0.25, 0.3) is 0 Å². The van der Waals surface area contributed by atoms with E-state index < -0.39 is 0 Å². The third kappa shape index (κ3) is 3.74. The number of thioether (sulfide) groups is 1. The van der Waals surface area contributed by atoms with Crippen molar-refractivity contribution in [1.82, 2.24) is 10.6 Å². The Morgan fingerprint density at radius 2 is 2.47 bits per heavy atom. The van der Waals surface area contributed by atoms with Crippen molar-refractivity contribution in [2.45, 2.75) is 32.2 Å². The van der Waals surface area contributed by atoms with Crippen LogP contribution in [-0.4, -0.2) is 36.0 Å². The number of hydrogen-bond acceptors (Lipinski definition) is 3. The van der Waals surface area contributed by atoms with Gasteiger partial charge in [0.25, 0.3) is 0 Å². The first-order chi connectivity index (χ1) is 7.09. The summed E-state index contributed by atoms with van der Waals surface area (Å²) in [5, 5.41) is 6.85. The van der Waals surface area contributed by atoms with Gasteiger partial charge in [0, 0.05) is 18.3 Å². The number of carbonyl (C=O) groups excluding carboxylic acids is 1. The number of likely N-dealkylation sites (N-methyl/N-ethyl adjacent to an activating group) is 1. The molecule has 4 nitrogen and oxygen atoms in total. The van der Waals surface area contributed by atoms with Crippen LogP contribution in [0, 0.1) is 0 Å². The molecule has 0 aromatic heterocycles. The van der Waals surface area contributed by atoms with Gasteiger partial charge in [-0.15, -0.1) is 0 Å². The van der Waals surface area contributed by atoms with Crippen LogP contribution in [0.15, 0.2) is 4.99 Å². The lowest BCUT2D eigenvalue weighted by Crippen LogP contribution is -2.48. The summed E-state index contributed by atoms with van der Waals surface area (Å²) in [4.78, 5) is 15.3. The molecule has 0 aliphatic carbocycles. The van der Waals surface area contributed by atoms with Gasteiger partial charge in [-0.25, -0.2) is 0 Å². The van der Waals surface area contributed by atoms with Crippen LogP contribution in [0.4, 0.5) is 0 Å². The van der Waals surface area contributed by atoms with Gasteiger partial charge >= 0.3 is 0 Å². The maximum atomic E-state index is 11.0. The van der Waals surface area contributed by atoms with Gasteiger partial charge in [0.15, 0.2) is 5.17 Å². The molecule has 2 N–H and O–H groups in total. The van der Waals surface area contributed by atoms with Crippen molar-refractivity contribution in [2.24, 2.45) is 4.99 Å². The van der Waals surface area contributed by atoms with Crippen molar-refractivity contribution in [3.05, 3.63) is 0 Å². The number of aliphatic imine (C=N–C) groups is 1. The summed E-state index contributed by atoms with van der Waals surface area (Å²) in [6.45, 7) is 4.58. The van der Waals surface area contributed by atoms with Crippen molar-refractivity contribution in [3.8, 4) is 0 Å². The van der Waals surface area contributed by atoms with E-state index in [1.54, 1.807) is 18.8 Å². The van der Waals surface area contributed by atoms with Crippen LogP contribution in [0.5, 0.6) is 0 Å². The zero-order chi connectivity index (χ0) is 11.3. The first-order valence-corrected chi connectivity index (χ1v) is 6.24. The van der Waals surface area contributed by atoms with Crippen molar-refractivity contribution in [2.75, 3.05) is 19.3 Å². The molecule has 86 valence electrons. The van der Waals surface area contributed by atoms with Gasteiger partial charge in [-0.2, -0.15) is 0 Å². The molecule has 0 aromatic carbocycles. The number of nitrogens with zero attached hydrogens (tertiary/aromatic N) is 1. The topological polar surface area (TPSA) is 53.5 Å². The monoisotopic (exact) mass is 229 g/mol. The minimum absolute atomic E-state index is 0.0475. The summed E-state index contributed by atoms with van der Waals surface area (Å²) < 4.78 is 0. The molecule has 1 rings (SSSR count). The lowest BCUT2D eigenvalue weighted by atomic mass is 9.96. The molecule has 1 atom stereocenters. The minimum Gasteiger partial charge on any atom is -0.360 e. The molecule has 1 aliphatic rings. The highest BCUT2D eigenvalue weighted by atomic mass is 32.2. The summed E-state index contributed by atoms with van der Waals surface area (Å²) in [7, 11) is 1.63. The molecule has 1 heterocycles. The fraction of sp³-hybridized carbons (Fsp3) is 0.800. The molecular formula is C10H19N3OS. The zero-order valence-corrected chi connectivity index (χ0v) is 10.4. The lowest BCUT2D eigenvalue weighted by Gasteiger charge is -2.35. The Bertz CT molecular complexity index is 267. The molecule has 0 aromatic rings. The summed E-state index contributed by atoms with van der Waals surface area (Å²) in [6.07, 6.45) is 2.22. The molecule has 1 fully saturated rings. The number of amides is 1. The van der Waals surface area contributed by atoms with Gasteiger partial charge in [-0.05, 0) is 19.8 Å². The predicted octanol–water partition coefficient (Wildman–Crippen LogP) is 0.984. The Morgan fingerprint density at radius 1 is 1.73 bits per heavy atom. The van der Waals surface area contributed by atoms with E-state index in [1.165, 1.54) is 0 Å². The molecule has 1 amide bonds. The van der Waals surface area contributed by atoms with Crippen LogP contribution in [0.3, 0.4) is 0 Å². The average molecular weight is 229 g/mol. The molecule has 5 heteroatoms. The Morgan fingerprint density at radius 3 is 3.07 bits per heavy atom. The van der Waals surface area contributed by atoms with Crippen molar-refractivity contribution in [1.29, 1.82) is 0 Å². The summed E-state index contributed by atoms with van der Waals surface area (Å²) in [5.74, 6) is 1.03. The van der Waals surface area contributed by atoms with Gasteiger partial charge in [-0.3, -0.25) is 9.79 Å². The predicted molar refractivity (Wildman–Crippen MR) is 65.3 cm³/mol. The van der Waals surface area contributed by atoms with Crippen LogP contribution in [0.1, 0.15) is 26.7 Å². The number of amidine groups is 1. The first-order valence-electron chi connectivity index (χ1n) is 5.25. The third-order valence-corrected chi connectivity index (χ3v) is 3.64. The number of nitrogens with one attached hydrogen (secondary N) is 2. The van der Waals surface area contributed by atoms with E-state index in [1.807, 2.05) is 0 Å². The Balaban J connectivity index is 2.52. The molecule has 0 radical (unpaired) electrons. The Hall–Kier alpha value is -0.710. The molecule has 0 spiro atoms. The zero-order valence-electron chi connectivity index (χ0n) is 9.59. The lowest BCUT2D eigenvalue weighted by molar-refractivity contribution is -0.119. The second-order valence-electron chi connectivity index (χ2n) is 3.93. The Labute approximate surface area is 95.3 Å². The molecule has 1 unspecified atom stereocenters. The molecule has 15 heavy (non-hydrogen) atoms. The van der Waals surface area contributed by atoms with E-state index in [-0.39, 0.29) is 18.0 Å². The van der Waals surface area contributed by atoms with E-state index >= 15 is 0 Å². The summed E-state index contributed by atoms with van der Waals surface area (Å²) >= 11 is 1.69. The average Bonchev–Trinajstić information content (AvgIpc) is 2.26. The largest absolute Gasteiger partial charge is 0.360 e. The van der Waals surface area contributed by atoms with Gasteiger partial charge in [-0.1, -0.05) is 18.7 Å².